The molecule has 0 aliphatic heterocycles. The summed E-state index contributed by atoms with van der Waals surface area (Å²) in [6.07, 6.45) is 5.33. The zero-order valence-electron chi connectivity index (χ0n) is 15.0. The predicted molar refractivity (Wildman–Crippen MR) is 112 cm³/mol. The van der Waals surface area contributed by atoms with E-state index in [1.165, 1.54) is 12.3 Å². The molecule has 0 unspecified atom stereocenters. The van der Waals surface area contributed by atoms with E-state index in [0.717, 1.165) is 25.7 Å². The third kappa shape index (κ3) is 3.75. The molecule has 145 valence electrons. The number of nitrogens with two attached hydrogens (primary N) is 1. The van der Waals surface area contributed by atoms with E-state index >= 15 is 0 Å². The first-order valence-electron chi connectivity index (χ1n) is 9.13. The van der Waals surface area contributed by atoms with Crippen LogP contribution in [0.15, 0.2) is 30.5 Å². The molecule has 0 spiro atoms. The number of fused-ring (bicyclic) bond motifs is 1. The van der Waals surface area contributed by atoms with Crippen LogP contribution in [-0.2, 0) is 0 Å². The average molecular weight is 419 g/mol. The highest BCUT2D eigenvalue weighted by Crippen LogP contribution is 2.38. The highest BCUT2D eigenvalue weighted by molar-refractivity contribution is 6.37. The van der Waals surface area contributed by atoms with E-state index in [9.17, 15) is 9.50 Å². The number of aromatic nitrogens is 1. The van der Waals surface area contributed by atoms with Crippen molar-refractivity contribution < 1.29 is 9.50 Å². The molecule has 1 heterocycles. The van der Waals surface area contributed by atoms with Crippen molar-refractivity contribution in [2.24, 2.45) is 5.73 Å². The molecular weight excluding hydrogens is 400 g/mol. The molecule has 4 nitrogen and oxygen atoms in total. The fraction of sp³-hybridized carbons (Fsp3) is 0.286. The van der Waals surface area contributed by atoms with E-state index < -0.39 is 5.82 Å². The van der Waals surface area contributed by atoms with Crippen LogP contribution in [0.4, 0.5) is 10.1 Å². The summed E-state index contributed by atoms with van der Waals surface area (Å²) in [7, 11) is 0. The van der Waals surface area contributed by atoms with Gasteiger partial charge in [-0.15, -0.1) is 0 Å². The van der Waals surface area contributed by atoms with Gasteiger partial charge in [0.05, 0.1) is 15.7 Å². The summed E-state index contributed by atoms with van der Waals surface area (Å²) in [5, 5.41) is 14.1. The molecule has 7 heteroatoms. The summed E-state index contributed by atoms with van der Waals surface area (Å²) in [5.74, 6) is -0.642. The number of rotatable bonds is 3. The number of hydrogen-bond donors (Lipinski definition) is 3. The van der Waals surface area contributed by atoms with Gasteiger partial charge in [0.15, 0.2) is 5.75 Å². The molecule has 4 N–H and O–H groups in total. The topological polar surface area (TPSA) is 71.2 Å². The quantitative estimate of drug-likeness (QED) is 0.522. The van der Waals surface area contributed by atoms with E-state index in [1.54, 1.807) is 12.1 Å². The number of halogens is 3. The smallest absolute Gasteiger partial charge is 0.152 e. The van der Waals surface area contributed by atoms with E-state index in [1.807, 2.05) is 6.07 Å². The number of hydrogen-bond acceptors (Lipinski definition) is 4. The van der Waals surface area contributed by atoms with Crippen molar-refractivity contribution in [2.75, 3.05) is 5.32 Å². The van der Waals surface area contributed by atoms with Crippen molar-refractivity contribution in [1.82, 2.24) is 4.98 Å². The predicted octanol–water partition coefficient (Wildman–Crippen LogP) is 5.54. The zero-order chi connectivity index (χ0) is 19.8. The fourth-order valence-electron chi connectivity index (χ4n) is 3.65. The van der Waals surface area contributed by atoms with E-state index in [0.29, 0.717) is 22.2 Å². The number of benzene rings is 2. The summed E-state index contributed by atoms with van der Waals surface area (Å²) in [4.78, 5) is 4.15. The number of phenolic OH excluding ortho intramolecular Hbond substituents is 1. The summed E-state index contributed by atoms with van der Waals surface area (Å²) in [6, 6.07) is 9.95. The van der Waals surface area contributed by atoms with E-state index in [2.05, 4.69) is 16.4 Å². The molecule has 2 aromatic carbocycles. The Morgan fingerprint density at radius 2 is 1.71 bits per heavy atom. The van der Waals surface area contributed by atoms with Crippen LogP contribution in [0.2, 0.25) is 10.0 Å². The van der Waals surface area contributed by atoms with Gasteiger partial charge in [-0.25, -0.2) is 4.39 Å². The SMILES string of the molecule is N[C@H]1CC[C@H](Nc2[c]cnc3c(F)cc(-c4cc(Cl)c(O)c(Cl)c4)cc23)CC1. The second-order valence-corrected chi connectivity index (χ2v) is 7.99. The highest BCUT2D eigenvalue weighted by Gasteiger charge is 2.20. The highest BCUT2D eigenvalue weighted by atomic mass is 35.5. The fourth-order valence-corrected chi connectivity index (χ4v) is 4.13. The molecule has 1 radical (unpaired) electrons. The van der Waals surface area contributed by atoms with Gasteiger partial charge < -0.3 is 16.2 Å². The van der Waals surface area contributed by atoms with Gasteiger partial charge in [-0.1, -0.05) is 23.2 Å². The Morgan fingerprint density at radius 3 is 2.39 bits per heavy atom. The van der Waals surface area contributed by atoms with Gasteiger partial charge in [0, 0.05) is 29.7 Å². The van der Waals surface area contributed by atoms with Gasteiger partial charge in [-0.3, -0.25) is 4.98 Å². The molecule has 0 amide bonds. The third-order valence-electron chi connectivity index (χ3n) is 5.21. The molecule has 0 saturated heterocycles. The van der Waals surface area contributed by atoms with Crippen molar-refractivity contribution in [3.05, 3.63) is 52.4 Å². The van der Waals surface area contributed by atoms with E-state index in [-0.39, 0.29) is 33.4 Å². The summed E-state index contributed by atoms with van der Waals surface area (Å²) in [5.41, 5.74) is 8.16. The monoisotopic (exact) mass is 418 g/mol. The van der Waals surface area contributed by atoms with Crippen molar-refractivity contribution in [3.63, 3.8) is 0 Å². The van der Waals surface area contributed by atoms with Crippen molar-refractivity contribution >= 4 is 39.8 Å². The Morgan fingerprint density at radius 1 is 1.07 bits per heavy atom. The largest absolute Gasteiger partial charge is 0.505 e. The number of anilines is 1. The molecule has 28 heavy (non-hydrogen) atoms. The Bertz CT molecular complexity index is 1010. The van der Waals surface area contributed by atoms with Gasteiger partial charge in [0.25, 0.3) is 0 Å². The van der Waals surface area contributed by atoms with Crippen LogP contribution in [0.5, 0.6) is 5.75 Å². The minimum atomic E-state index is -0.449. The molecule has 1 aromatic heterocycles. The van der Waals surface area contributed by atoms with Gasteiger partial charge >= 0.3 is 0 Å². The summed E-state index contributed by atoms with van der Waals surface area (Å²) >= 11 is 12.1. The second-order valence-electron chi connectivity index (χ2n) is 7.18. The maximum absolute atomic E-state index is 14.8. The maximum Gasteiger partial charge on any atom is 0.152 e. The van der Waals surface area contributed by atoms with Gasteiger partial charge in [-0.05, 0) is 61.1 Å². The Hall–Kier alpha value is -2.08. The van der Waals surface area contributed by atoms with Crippen molar-refractivity contribution in [3.8, 4) is 16.9 Å². The molecule has 3 aromatic rings. The second kappa shape index (κ2) is 7.74. The van der Waals surface area contributed by atoms with Gasteiger partial charge in [0.2, 0.25) is 0 Å². The lowest BCUT2D eigenvalue weighted by atomic mass is 9.91. The number of pyridine rings is 1. The van der Waals surface area contributed by atoms with Crippen LogP contribution < -0.4 is 11.1 Å². The maximum atomic E-state index is 14.8. The first kappa shape index (κ1) is 19.2. The molecule has 1 fully saturated rings. The minimum absolute atomic E-state index is 0.109. The third-order valence-corrected chi connectivity index (χ3v) is 5.78. The van der Waals surface area contributed by atoms with Crippen LogP contribution in [-0.4, -0.2) is 22.2 Å². The standard InChI is InChI=1S/C21H19Cl2FN3O/c22-16-8-12(9-17(23)21(16)28)11-7-15-19(5-6-26-20(15)18(24)10-11)27-14-3-1-13(25)2-4-14/h6-10,13-14,28H,1-4,25H2,(H,26,27)/t13-,14-. The summed E-state index contributed by atoms with van der Waals surface area (Å²) in [6.45, 7) is 0. The molecule has 0 bridgehead atoms. The van der Waals surface area contributed by atoms with Crippen LogP contribution in [0, 0.1) is 11.9 Å². The number of nitrogens with one attached hydrogen (secondary N) is 1. The Kier molecular flexibility index (Phi) is 5.32. The van der Waals surface area contributed by atoms with E-state index in [4.69, 9.17) is 28.9 Å². The van der Waals surface area contributed by atoms with Crippen LogP contribution in [0.1, 0.15) is 25.7 Å². The summed E-state index contributed by atoms with van der Waals surface area (Å²) < 4.78 is 14.8. The average Bonchev–Trinajstić information content (AvgIpc) is 2.68. The van der Waals surface area contributed by atoms with Crippen LogP contribution in [0.25, 0.3) is 22.0 Å². The molecule has 4 rings (SSSR count). The Balaban J connectivity index is 1.76. The van der Waals surface area contributed by atoms with Crippen molar-refractivity contribution in [2.45, 2.75) is 37.8 Å². The molecule has 1 aliphatic rings. The number of aromatic hydroxyl groups is 1. The van der Waals surface area contributed by atoms with Crippen molar-refractivity contribution in [1.29, 1.82) is 0 Å². The normalized spacial score (nSPS) is 19.7. The molecule has 0 atom stereocenters. The first-order chi connectivity index (χ1) is 13.4. The lowest BCUT2D eigenvalue weighted by Gasteiger charge is -2.28. The van der Waals surface area contributed by atoms with Gasteiger partial charge in [0.1, 0.15) is 11.3 Å². The lowest BCUT2D eigenvalue weighted by molar-refractivity contribution is 0.411. The lowest BCUT2D eigenvalue weighted by Crippen LogP contribution is -2.32. The number of nitrogens with zero attached hydrogens (tertiary/aromatic N) is 1. The number of phenols is 1. The molecular formula is C21H19Cl2FN3O. The van der Waals surface area contributed by atoms with Gasteiger partial charge in [-0.2, -0.15) is 0 Å². The zero-order valence-corrected chi connectivity index (χ0v) is 16.5. The molecule has 1 saturated carbocycles. The Labute approximate surface area is 172 Å². The minimum Gasteiger partial charge on any atom is -0.505 e. The first-order valence-corrected chi connectivity index (χ1v) is 9.88. The molecule has 1 aliphatic carbocycles. The van der Waals surface area contributed by atoms with Crippen LogP contribution in [0.3, 0.4) is 0 Å². The van der Waals surface area contributed by atoms with Crippen LogP contribution >= 0.6 is 23.2 Å².